The normalized spacial score (nSPS) is 9.40. The maximum Gasteiger partial charge on any atom is 0.270 e. The highest BCUT2D eigenvalue weighted by atomic mass is 127. The molecule has 0 bridgehead atoms. The van der Waals surface area contributed by atoms with Gasteiger partial charge in [-0.15, -0.1) is 6.42 Å². The van der Waals surface area contributed by atoms with Crippen molar-refractivity contribution in [2.45, 2.75) is 0 Å². The fourth-order valence-corrected chi connectivity index (χ4v) is 1.85. The number of carbonyl (C=O) groups excluding carboxylic acids is 2. The van der Waals surface area contributed by atoms with Gasteiger partial charge in [0, 0.05) is 15.7 Å². The van der Waals surface area contributed by atoms with Crippen molar-refractivity contribution in [1.29, 1.82) is 0 Å². The second-order valence-electron chi connectivity index (χ2n) is 3.58. The molecule has 0 fully saturated rings. The van der Waals surface area contributed by atoms with Crippen molar-refractivity contribution < 1.29 is 14.5 Å². The van der Waals surface area contributed by atoms with Gasteiger partial charge >= 0.3 is 0 Å². The zero-order valence-electron chi connectivity index (χ0n) is 10.2. The molecule has 1 aromatic carbocycles. The number of halogens is 1. The third-order valence-corrected chi connectivity index (χ3v) is 3.14. The maximum atomic E-state index is 11.9. The Hall–Kier alpha value is -2.15. The minimum absolute atomic E-state index is 0.0725. The van der Waals surface area contributed by atoms with Crippen LogP contribution in [-0.2, 0) is 4.79 Å². The minimum Gasteiger partial charge on any atom is -0.344 e. The van der Waals surface area contributed by atoms with Crippen LogP contribution in [0.5, 0.6) is 0 Å². The lowest BCUT2D eigenvalue weighted by molar-refractivity contribution is -0.384. The van der Waals surface area contributed by atoms with E-state index in [4.69, 9.17) is 6.42 Å². The lowest BCUT2D eigenvalue weighted by Crippen LogP contribution is -2.37. The predicted molar refractivity (Wildman–Crippen MR) is 80.0 cm³/mol. The van der Waals surface area contributed by atoms with Crippen LogP contribution in [0.25, 0.3) is 0 Å². The number of nitro groups is 1. The number of nitro benzene ring substituents is 1. The zero-order valence-corrected chi connectivity index (χ0v) is 12.3. The highest BCUT2D eigenvalue weighted by molar-refractivity contribution is 14.1. The SMILES string of the molecule is C#CCNC(=O)CNC(=O)c1cc([N+](=O)[O-])ccc1I. The molecule has 1 rings (SSSR count). The van der Waals surface area contributed by atoms with Gasteiger partial charge in [0.05, 0.1) is 23.6 Å². The molecule has 2 amide bonds. The first kappa shape index (κ1) is 15.9. The van der Waals surface area contributed by atoms with Gasteiger partial charge < -0.3 is 10.6 Å². The van der Waals surface area contributed by atoms with E-state index in [0.29, 0.717) is 3.57 Å². The molecule has 0 radical (unpaired) electrons. The van der Waals surface area contributed by atoms with Crippen LogP contribution in [0.4, 0.5) is 5.69 Å². The van der Waals surface area contributed by atoms with Crippen LogP contribution in [0, 0.1) is 26.0 Å². The van der Waals surface area contributed by atoms with Crippen LogP contribution in [0.15, 0.2) is 18.2 Å². The largest absolute Gasteiger partial charge is 0.344 e. The molecule has 0 heterocycles. The molecule has 7 nitrogen and oxygen atoms in total. The van der Waals surface area contributed by atoms with E-state index in [1.165, 1.54) is 12.1 Å². The van der Waals surface area contributed by atoms with Crippen LogP contribution in [0.1, 0.15) is 10.4 Å². The molecule has 8 heteroatoms. The van der Waals surface area contributed by atoms with E-state index >= 15 is 0 Å². The summed E-state index contributed by atoms with van der Waals surface area (Å²) in [4.78, 5) is 33.2. The number of hydrogen-bond acceptors (Lipinski definition) is 4. The van der Waals surface area contributed by atoms with Gasteiger partial charge in [-0.05, 0) is 28.7 Å². The summed E-state index contributed by atoms with van der Waals surface area (Å²) in [6.45, 7) is -0.178. The summed E-state index contributed by atoms with van der Waals surface area (Å²) in [5, 5.41) is 15.4. The Kier molecular flexibility index (Phi) is 5.92. The van der Waals surface area contributed by atoms with Gasteiger partial charge in [-0.1, -0.05) is 5.92 Å². The van der Waals surface area contributed by atoms with Crippen molar-refractivity contribution in [2.24, 2.45) is 0 Å². The summed E-state index contributed by atoms with van der Waals surface area (Å²) in [6, 6.07) is 3.93. The summed E-state index contributed by atoms with van der Waals surface area (Å²) in [5.74, 6) is 1.23. The molecule has 0 unspecified atom stereocenters. The van der Waals surface area contributed by atoms with E-state index in [1.807, 2.05) is 22.6 Å². The van der Waals surface area contributed by atoms with Gasteiger partial charge in [0.15, 0.2) is 0 Å². The summed E-state index contributed by atoms with van der Waals surface area (Å²) in [5.41, 5.74) is -0.0445. The highest BCUT2D eigenvalue weighted by Gasteiger charge is 2.15. The third-order valence-electron chi connectivity index (χ3n) is 2.20. The average molecular weight is 387 g/mol. The minimum atomic E-state index is -0.591. The van der Waals surface area contributed by atoms with E-state index in [-0.39, 0.29) is 24.3 Å². The first-order valence-corrected chi connectivity index (χ1v) is 6.46. The van der Waals surface area contributed by atoms with Gasteiger partial charge in [-0.3, -0.25) is 19.7 Å². The number of nitrogens with zero attached hydrogens (tertiary/aromatic N) is 1. The summed E-state index contributed by atoms with van der Waals surface area (Å²) < 4.78 is 0.551. The average Bonchev–Trinajstić information content (AvgIpc) is 2.42. The summed E-state index contributed by atoms with van der Waals surface area (Å²) in [7, 11) is 0. The summed E-state index contributed by atoms with van der Waals surface area (Å²) >= 11 is 1.88. The second kappa shape index (κ2) is 7.44. The monoisotopic (exact) mass is 387 g/mol. The Morgan fingerprint density at radius 2 is 2.10 bits per heavy atom. The number of rotatable bonds is 5. The summed E-state index contributed by atoms with van der Waals surface area (Å²) in [6.07, 6.45) is 4.97. The number of non-ortho nitro benzene ring substituents is 1. The number of benzene rings is 1. The van der Waals surface area contributed by atoms with Crippen molar-refractivity contribution in [1.82, 2.24) is 10.6 Å². The van der Waals surface area contributed by atoms with E-state index < -0.39 is 16.7 Å². The molecule has 104 valence electrons. The Morgan fingerprint density at radius 3 is 2.70 bits per heavy atom. The first-order valence-electron chi connectivity index (χ1n) is 5.38. The highest BCUT2D eigenvalue weighted by Crippen LogP contribution is 2.19. The van der Waals surface area contributed by atoms with E-state index in [2.05, 4.69) is 16.6 Å². The van der Waals surface area contributed by atoms with Gasteiger partial charge in [-0.25, -0.2) is 0 Å². The fraction of sp³-hybridized carbons (Fsp3) is 0.167. The van der Waals surface area contributed by atoms with Crippen LogP contribution in [0.2, 0.25) is 0 Å². The molecule has 0 aliphatic carbocycles. The van der Waals surface area contributed by atoms with Crippen molar-refractivity contribution in [2.75, 3.05) is 13.1 Å². The molecule has 1 aromatic rings. The van der Waals surface area contributed by atoms with Crippen molar-refractivity contribution >= 4 is 40.1 Å². The molecule has 0 aliphatic rings. The molecule has 0 saturated carbocycles. The zero-order chi connectivity index (χ0) is 15.1. The second-order valence-corrected chi connectivity index (χ2v) is 4.75. The van der Waals surface area contributed by atoms with E-state index in [1.54, 1.807) is 0 Å². The predicted octanol–water partition coefficient (Wildman–Crippen LogP) is 0.679. The molecule has 0 spiro atoms. The van der Waals surface area contributed by atoms with Crippen molar-refractivity contribution in [3.8, 4) is 12.3 Å². The standard InChI is InChI=1S/C12H10IN3O4/c1-2-5-14-11(17)7-15-12(18)9-6-8(16(19)20)3-4-10(9)13/h1,3-4,6H,5,7H2,(H,14,17)(H,15,18). The number of hydrogen-bond donors (Lipinski definition) is 2. The van der Waals surface area contributed by atoms with Gasteiger partial charge in [-0.2, -0.15) is 0 Å². The van der Waals surface area contributed by atoms with Gasteiger partial charge in [0.2, 0.25) is 5.91 Å². The Morgan fingerprint density at radius 1 is 1.40 bits per heavy atom. The lowest BCUT2D eigenvalue weighted by atomic mass is 10.2. The van der Waals surface area contributed by atoms with E-state index in [0.717, 1.165) is 6.07 Å². The topological polar surface area (TPSA) is 101 Å². The van der Waals surface area contributed by atoms with Crippen LogP contribution >= 0.6 is 22.6 Å². The molecular weight excluding hydrogens is 377 g/mol. The number of terminal acetylenes is 1. The smallest absolute Gasteiger partial charge is 0.270 e. The van der Waals surface area contributed by atoms with Gasteiger partial charge in [0.25, 0.3) is 11.6 Å². The number of nitrogens with one attached hydrogen (secondary N) is 2. The van der Waals surface area contributed by atoms with Crippen LogP contribution in [0.3, 0.4) is 0 Å². The molecule has 0 aromatic heterocycles. The first-order chi connectivity index (χ1) is 9.45. The Labute approximate surface area is 128 Å². The van der Waals surface area contributed by atoms with Crippen LogP contribution < -0.4 is 10.6 Å². The van der Waals surface area contributed by atoms with Gasteiger partial charge in [0.1, 0.15) is 0 Å². The number of carbonyl (C=O) groups is 2. The number of amides is 2. The quantitative estimate of drug-likeness (QED) is 0.336. The molecular formula is C12H10IN3O4. The maximum absolute atomic E-state index is 11.9. The molecule has 2 N–H and O–H groups in total. The molecule has 0 saturated heterocycles. The molecule has 0 atom stereocenters. The third kappa shape index (κ3) is 4.51. The lowest BCUT2D eigenvalue weighted by Gasteiger charge is -2.06. The molecule has 20 heavy (non-hydrogen) atoms. The van der Waals surface area contributed by atoms with Crippen LogP contribution in [-0.4, -0.2) is 29.8 Å². The van der Waals surface area contributed by atoms with Crippen molar-refractivity contribution in [3.63, 3.8) is 0 Å². The van der Waals surface area contributed by atoms with E-state index in [9.17, 15) is 19.7 Å². The Balaban J connectivity index is 2.73. The fourth-order valence-electron chi connectivity index (χ4n) is 1.27. The van der Waals surface area contributed by atoms with Crippen molar-refractivity contribution in [3.05, 3.63) is 37.4 Å². The Bertz CT molecular complexity index is 595. The molecule has 0 aliphatic heterocycles.